The van der Waals surface area contributed by atoms with Gasteiger partial charge in [-0.2, -0.15) is 0 Å². The number of H-pyrrole nitrogens is 1. The van der Waals surface area contributed by atoms with E-state index in [1.807, 2.05) is 14.1 Å². The predicted octanol–water partition coefficient (Wildman–Crippen LogP) is 0.446. The van der Waals surface area contributed by atoms with Gasteiger partial charge in [0.2, 0.25) is 5.56 Å². The second kappa shape index (κ2) is 6.85. The van der Waals surface area contributed by atoms with E-state index in [1.54, 1.807) is 12.1 Å². The van der Waals surface area contributed by atoms with E-state index >= 15 is 0 Å². The van der Waals surface area contributed by atoms with Crippen LogP contribution in [0.2, 0.25) is 0 Å². The SMILES string of the molecule is CN(C)CCCCNC(=O)c1cccc(=O)[nH]1. The molecule has 0 atom stereocenters. The average molecular weight is 237 g/mol. The average Bonchev–Trinajstić information content (AvgIpc) is 2.28. The van der Waals surface area contributed by atoms with Gasteiger partial charge in [-0.25, -0.2) is 0 Å². The van der Waals surface area contributed by atoms with Crippen LogP contribution in [-0.4, -0.2) is 43.0 Å². The van der Waals surface area contributed by atoms with Crippen LogP contribution in [-0.2, 0) is 0 Å². The summed E-state index contributed by atoms with van der Waals surface area (Å²) in [5, 5.41) is 2.77. The van der Waals surface area contributed by atoms with Gasteiger partial charge in [0.15, 0.2) is 0 Å². The van der Waals surface area contributed by atoms with Crippen LogP contribution in [0.15, 0.2) is 23.0 Å². The van der Waals surface area contributed by atoms with Gasteiger partial charge >= 0.3 is 0 Å². The van der Waals surface area contributed by atoms with Crippen molar-refractivity contribution in [2.75, 3.05) is 27.2 Å². The number of unbranched alkanes of at least 4 members (excludes halogenated alkanes) is 1. The first-order chi connectivity index (χ1) is 8.09. The van der Waals surface area contributed by atoms with E-state index in [1.165, 1.54) is 6.07 Å². The lowest BCUT2D eigenvalue weighted by molar-refractivity contribution is 0.0947. The van der Waals surface area contributed by atoms with Crippen molar-refractivity contribution in [3.05, 3.63) is 34.2 Å². The molecule has 0 aliphatic heterocycles. The zero-order chi connectivity index (χ0) is 12.7. The van der Waals surface area contributed by atoms with Gasteiger partial charge in [-0.05, 0) is 39.5 Å². The molecule has 0 unspecified atom stereocenters. The van der Waals surface area contributed by atoms with Gasteiger partial charge in [-0.3, -0.25) is 9.59 Å². The fourth-order valence-electron chi connectivity index (χ4n) is 1.43. The van der Waals surface area contributed by atoms with E-state index in [-0.39, 0.29) is 11.5 Å². The molecule has 0 fully saturated rings. The maximum Gasteiger partial charge on any atom is 0.267 e. The molecular formula is C12H19N3O2. The van der Waals surface area contributed by atoms with Crippen molar-refractivity contribution in [1.29, 1.82) is 0 Å². The maximum absolute atomic E-state index is 11.6. The number of rotatable bonds is 6. The van der Waals surface area contributed by atoms with Crippen LogP contribution < -0.4 is 10.9 Å². The summed E-state index contributed by atoms with van der Waals surface area (Å²) < 4.78 is 0. The van der Waals surface area contributed by atoms with Gasteiger partial charge < -0.3 is 15.2 Å². The zero-order valence-electron chi connectivity index (χ0n) is 10.3. The Morgan fingerprint density at radius 2 is 2.12 bits per heavy atom. The van der Waals surface area contributed by atoms with E-state index in [0.717, 1.165) is 19.4 Å². The number of aromatic amines is 1. The minimum atomic E-state index is -0.259. The number of carbonyl (C=O) groups is 1. The molecule has 0 saturated carbocycles. The largest absolute Gasteiger partial charge is 0.351 e. The van der Waals surface area contributed by atoms with E-state index in [9.17, 15) is 9.59 Å². The van der Waals surface area contributed by atoms with Crippen molar-refractivity contribution >= 4 is 5.91 Å². The smallest absolute Gasteiger partial charge is 0.267 e. The van der Waals surface area contributed by atoms with Gasteiger partial charge in [0.25, 0.3) is 5.91 Å². The molecule has 0 bridgehead atoms. The summed E-state index contributed by atoms with van der Waals surface area (Å²) in [6.07, 6.45) is 1.97. The molecule has 0 radical (unpaired) electrons. The maximum atomic E-state index is 11.6. The van der Waals surface area contributed by atoms with Crippen LogP contribution >= 0.6 is 0 Å². The number of pyridine rings is 1. The Kier molecular flexibility index (Phi) is 5.42. The highest BCUT2D eigenvalue weighted by molar-refractivity contribution is 5.92. The van der Waals surface area contributed by atoms with Crippen molar-refractivity contribution in [3.8, 4) is 0 Å². The Bertz CT molecular complexity index is 412. The Balaban J connectivity index is 2.28. The van der Waals surface area contributed by atoms with Gasteiger partial charge in [0, 0.05) is 12.6 Å². The molecule has 1 amide bonds. The van der Waals surface area contributed by atoms with Crippen LogP contribution in [0, 0.1) is 0 Å². The van der Waals surface area contributed by atoms with Crippen molar-refractivity contribution in [2.24, 2.45) is 0 Å². The van der Waals surface area contributed by atoms with Gasteiger partial charge in [-0.1, -0.05) is 6.07 Å². The molecule has 1 aromatic heterocycles. The first kappa shape index (κ1) is 13.4. The predicted molar refractivity (Wildman–Crippen MR) is 67.2 cm³/mol. The Morgan fingerprint density at radius 1 is 1.35 bits per heavy atom. The number of hydrogen-bond donors (Lipinski definition) is 2. The zero-order valence-corrected chi connectivity index (χ0v) is 10.3. The molecule has 0 aromatic carbocycles. The van der Waals surface area contributed by atoms with Crippen LogP contribution in [0.4, 0.5) is 0 Å². The topological polar surface area (TPSA) is 65.2 Å². The Labute approximate surface area is 101 Å². The summed E-state index contributed by atoms with van der Waals surface area (Å²) in [5.41, 5.74) is 0.0513. The molecule has 0 spiro atoms. The third-order valence-electron chi connectivity index (χ3n) is 2.33. The van der Waals surface area contributed by atoms with E-state index in [4.69, 9.17) is 0 Å². The fraction of sp³-hybridized carbons (Fsp3) is 0.500. The molecule has 94 valence electrons. The van der Waals surface area contributed by atoms with E-state index in [2.05, 4.69) is 15.2 Å². The minimum Gasteiger partial charge on any atom is -0.351 e. The summed E-state index contributed by atoms with van der Waals surface area (Å²) >= 11 is 0. The molecule has 5 heteroatoms. The third-order valence-corrected chi connectivity index (χ3v) is 2.33. The highest BCUT2D eigenvalue weighted by atomic mass is 16.2. The van der Waals surface area contributed by atoms with Crippen LogP contribution in [0.3, 0.4) is 0 Å². The van der Waals surface area contributed by atoms with Crippen LogP contribution in [0.5, 0.6) is 0 Å². The summed E-state index contributed by atoms with van der Waals surface area (Å²) in [5.74, 6) is -0.229. The Hall–Kier alpha value is -1.62. The number of amides is 1. The summed E-state index contributed by atoms with van der Waals surface area (Å²) in [6.45, 7) is 1.64. The van der Waals surface area contributed by atoms with Gasteiger partial charge in [0.1, 0.15) is 5.69 Å². The molecule has 0 saturated heterocycles. The third kappa shape index (κ3) is 5.31. The molecule has 2 N–H and O–H groups in total. The van der Waals surface area contributed by atoms with Crippen molar-refractivity contribution in [1.82, 2.24) is 15.2 Å². The molecule has 1 aromatic rings. The van der Waals surface area contributed by atoms with Crippen LogP contribution in [0.25, 0.3) is 0 Å². The van der Waals surface area contributed by atoms with E-state index in [0.29, 0.717) is 12.2 Å². The number of nitrogens with one attached hydrogen (secondary N) is 2. The first-order valence-corrected chi connectivity index (χ1v) is 5.72. The molecule has 1 heterocycles. The number of carbonyl (C=O) groups excluding carboxylic acids is 1. The normalized spacial score (nSPS) is 10.5. The minimum absolute atomic E-state index is 0.229. The monoisotopic (exact) mass is 237 g/mol. The second-order valence-corrected chi connectivity index (χ2v) is 4.19. The molecule has 5 nitrogen and oxygen atoms in total. The standard InChI is InChI=1S/C12H19N3O2/c1-15(2)9-4-3-8-13-12(17)10-6-5-7-11(16)14-10/h5-7H,3-4,8-9H2,1-2H3,(H,13,17)(H,14,16). The summed E-state index contributed by atoms with van der Waals surface area (Å²) in [6, 6.07) is 4.55. The lowest BCUT2D eigenvalue weighted by Crippen LogP contribution is -2.27. The van der Waals surface area contributed by atoms with Crippen molar-refractivity contribution in [3.63, 3.8) is 0 Å². The first-order valence-electron chi connectivity index (χ1n) is 5.72. The van der Waals surface area contributed by atoms with Crippen LogP contribution in [0.1, 0.15) is 23.3 Å². The fourth-order valence-corrected chi connectivity index (χ4v) is 1.43. The molecular weight excluding hydrogens is 218 g/mol. The molecule has 17 heavy (non-hydrogen) atoms. The quantitative estimate of drug-likeness (QED) is 0.706. The molecule has 1 rings (SSSR count). The Morgan fingerprint density at radius 3 is 2.76 bits per heavy atom. The van der Waals surface area contributed by atoms with Gasteiger partial charge in [0.05, 0.1) is 0 Å². The summed E-state index contributed by atoms with van der Waals surface area (Å²) in [4.78, 5) is 27.2. The van der Waals surface area contributed by atoms with Crippen molar-refractivity contribution in [2.45, 2.75) is 12.8 Å². The van der Waals surface area contributed by atoms with Gasteiger partial charge in [-0.15, -0.1) is 0 Å². The van der Waals surface area contributed by atoms with E-state index < -0.39 is 0 Å². The lowest BCUT2D eigenvalue weighted by atomic mass is 10.3. The van der Waals surface area contributed by atoms with Crippen molar-refractivity contribution < 1.29 is 4.79 Å². The molecule has 0 aliphatic rings. The summed E-state index contributed by atoms with van der Waals surface area (Å²) in [7, 11) is 4.04. The number of aromatic nitrogens is 1. The second-order valence-electron chi connectivity index (χ2n) is 4.19. The highest BCUT2D eigenvalue weighted by Gasteiger charge is 2.04. The highest BCUT2D eigenvalue weighted by Crippen LogP contribution is 1.92. The number of hydrogen-bond acceptors (Lipinski definition) is 3. The number of nitrogens with zero attached hydrogens (tertiary/aromatic N) is 1. The lowest BCUT2D eigenvalue weighted by Gasteiger charge is -2.09. The molecule has 0 aliphatic carbocycles.